The number of ether oxygens (including phenoxy) is 2. The number of hydrogen-bond donors (Lipinski definition) is 0. The summed E-state index contributed by atoms with van der Waals surface area (Å²) in [5.41, 5.74) is 13.9. The van der Waals surface area contributed by atoms with Gasteiger partial charge >= 0.3 is 0 Å². The largest absolute Gasteiger partial charge is 0.458 e. The molecule has 278 valence electrons. The van der Waals surface area contributed by atoms with Crippen molar-refractivity contribution in [3.63, 3.8) is 0 Å². The van der Waals surface area contributed by atoms with Gasteiger partial charge in [-0.15, -0.1) is 0 Å². The first-order chi connectivity index (χ1) is 29.7. The van der Waals surface area contributed by atoms with Crippen LogP contribution in [-0.4, -0.2) is 15.8 Å². The van der Waals surface area contributed by atoms with Gasteiger partial charge in [-0.1, -0.05) is 115 Å². The molecule has 0 spiro atoms. The average Bonchev–Trinajstić information content (AvgIpc) is 3.95. The maximum atomic E-state index is 7.10. The number of benzene rings is 9. The number of rotatable bonds is 3. The highest BCUT2D eigenvalue weighted by Crippen LogP contribution is 2.43. The van der Waals surface area contributed by atoms with E-state index in [4.69, 9.17) is 13.9 Å². The van der Waals surface area contributed by atoms with E-state index in [1.54, 1.807) is 0 Å². The zero-order valence-electron chi connectivity index (χ0n) is 32.1. The molecule has 2 aliphatic rings. The second-order valence-corrected chi connectivity index (χ2v) is 16.0. The zero-order chi connectivity index (χ0) is 39.1. The number of aromatic nitrogens is 2. The zero-order valence-corrected chi connectivity index (χ0v) is 32.1. The van der Waals surface area contributed by atoms with E-state index in [2.05, 4.69) is 185 Å². The topological polar surface area (TPSA) is 41.5 Å². The maximum absolute atomic E-state index is 7.10. The first-order valence-corrected chi connectivity index (χ1v) is 20.4. The minimum absolute atomic E-state index is 0.129. The van der Waals surface area contributed by atoms with Crippen molar-refractivity contribution in [2.24, 2.45) is 0 Å². The molecule has 0 aliphatic carbocycles. The van der Waals surface area contributed by atoms with E-state index < -0.39 is 0 Å². The lowest BCUT2D eigenvalue weighted by Crippen LogP contribution is -2.57. The summed E-state index contributed by atoms with van der Waals surface area (Å²) in [6, 6.07) is 67.0. The van der Waals surface area contributed by atoms with Crippen molar-refractivity contribution >= 4 is 88.7 Å². The Hall–Kier alpha value is -7.96. The Bertz CT molecular complexity index is 3730. The Morgan fingerprint density at radius 2 is 0.850 bits per heavy atom. The molecule has 9 aromatic carbocycles. The second-order valence-electron chi connectivity index (χ2n) is 16.0. The van der Waals surface area contributed by atoms with E-state index in [0.717, 1.165) is 94.9 Å². The highest BCUT2D eigenvalue weighted by Gasteiger charge is 2.41. The normalized spacial score (nSPS) is 12.9. The Morgan fingerprint density at radius 1 is 0.333 bits per heavy atom. The fraction of sp³-hybridized carbons (Fsp3) is 0. The van der Waals surface area contributed by atoms with Crippen LogP contribution in [0.15, 0.2) is 192 Å². The highest BCUT2D eigenvalue weighted by atomic mass is 16.5. The van der Waals surface area contributed by atoms with Crippen LogP contribution in [0.5, 0.6) is 23.0 Å². The Kier molecular flexibility index (Phi) is 6.31. The molecule has 0 bridgehead atoms. The van der Waals surface area contributed by atoms with E-state index in [0.29, 0.717) is 0 Å². The molecule has 5 heterocycles. The molecule has 2 aliphatic heterocycles. The molecule has 0 unspecified atom stereocenters. The summed E-state index contributed by atoms with van der Waals surface area (Å²) >= 11 is 0. The number of furan rings is 1. The number of nitrogens with zero attached hydrogens (tertiary/aromatic N) is 2. The fourth-order valence-corrected chi connectivity index (χ4v) is 10.2. The molecule has 0 N–H and O–H groups in total. The molecule has 0 saturated carbocycles. The molecule has 60 heavy (non-hydrogen) atoms. The summed E-state index contributed by atoms with van der Waals surface area (Å²) < 4.78 is 25.2. The van der Waals surface area contributed by atoms with E-state index in [1.807, 2.05) is 12.1 Å². The van der Waals surface area contributed by atoms with Crippen LogP contribution in [0.4, 0.5) is 0 Å². The third-order valence-corrected chi connectivity index (χ3v) is 12.8. The molecule has 0 radical (unpaired) electrons. The Labute approximate surface area is 343 Å². The first-order valence-electron chi connectivity index (χ1n) is 20.4. The minimum atomic E-state index is -0.129. The summed E-state index contributed by atoms with van der Waals surface area (Å²) in [7, 11) is 0. The van der Waals surface area contributed by atoms with Gasteiger partial charge in [0.05, 0.1) is 22.1 Å². The maximum Gasteiger partial charge on any atom is 0.260 e. The summed E-state index contributed by atoms with van der Waals surface area (Å²) in [5.74, 6) is 3.23. The van der Waals surface area contributed by atoms with Crippen LogP contribution in [0.1, 0.15) is 0 Å². The molecule has 0 saturated heterocycles. The van der Waals surface area contributed by atoms with Crippen molar-refractivity contribution in [2.75, 3.05) is 0 Å². The van der Waals surface area contributed by atoms with Gasteiger partial charge in [0.1, 0.15) is 34.2 Å². The van der Waals surface area contributed by atoms with Crippen molar-refractivity contribution in [1.82, 2.24) is 9.13 Å². The molecule has 6 heteroatoms. The number of hydrogen-bond acceptors (Lipinski definition) is 3. The fourth-order valence-electron chi connectivity index (χ4n) is 10.2. The summed E-state index contributed by atoms with van der Waals surface area (Å²) in [4.78, 5) is 0. The molecule has 3 aromatic heterocycles. The molecule has 5 nitrogen and oxygen atoms in total. The predicted octanol–water partition coefficient (Wildman–Crippen LogP) is 12.2. The molecule has 0 atom stereocenters. The van der Waals surface area contributed by atoms with Crippen molar-refractivity contribution in [2.45, 2.75) is 0 Å². The highest BCUT2D eigenvalue weighted by molar-refractivity contribution is 6.98. The number of fused-ring (bicyclic) bond motifs is 13. The van der Waals surface area contributed by atoms with Crippen molar-refractivity contribution in [1.29, 1.82) is 0 Å². The number of para-hydroxylation sites is 5. The minimum Gasteiger partial charge on any atom is -0.458 e. The third kappa shape index (κ3) is 4.37. The van der Waals surface area contributed by atoms with E-state index in [9.17, 15) is 0 Å². The van der Waals surface area contributed by atoms with Gasteiger partial charge in [-0.05, 0) is 82.7 Å². The van der Waals surface area contributed by atoms with Gasteiger partial charge in [-0.2, -0.15) is 0 Å². The van der Waals surface area contributed by atoms with Crippen LogP contribution in [0.25, 0.3) is 88.1 Å². The van der Waals surface area contributed by atoms with Crippen molar-refractivity contribution < 1.29 is 13.9 Å². The van der Waals surface area contributed by atoms with Gasteiger partial charge in [0.15, 0.2) is 0 Å². The van der Waals surface area contributed by atoms with Gasteiger partial charge in [0, 0.05) is 61.3 Å². The quantitative estimate of drug-likeness (QED) is 0.168. The Balaban J connectivity index is 0.981. The van der Waals surface area contributed by atoms with E-state index >= 15 is 0 Å². The molecule has 14 rings (SSSR count). The summed E-state index contributed by atoms with van der Waals surface area (Å²) in [6.07, 6.45) is 0. The monoisotopic (exact) mass is 766 g/mol. The van der Waals surface area contributed by atoms with E-state index in [-0.39, 0.29) is 6.71 Å². The van der Waals surface area contributed by atoms with Crippen LogP contribution in [0, 0.1) is 0 Å². The second kappa shape index (κ2) is 11.8. The lowest BCUT2D eigenvalue weighted by atomic mass is 9.34. The summed E-state index contributed by atoms with van der Waals surface area (Å²) in [5, 5.41) is 7.05. The lowest BCUT2D eigenvalue weighted by molar-refractivity contribution is 0.465. The SMILES string of the molecule is c1ccc(-n2c3ccccc3c3cc4c(cc32)Oc2cc(-c3ccc(-n5c6ccccc6c6ccccc65)cc3)cc3c2B4c2cc4c(cc2O3)oc2ccccc24)cc1. The van der Waals surface area contributed by atoms with Crippen LogP contribution in [0.2, 0.25) is 0 Å². The molecule has 0 fully saturated rings. The Morgan fingerprint density at radius 3 is 1.52 bits per heavy atom. The first kappa shape index (κ1) is 32.1. The smallest absolute Gasteiger partial charge is 0.260 e. The predicted molar refractivity (Wildman–Crippen MR) is 246 cm³/mol. The molecular weight excluding hydrogens is 735 g/mol. The third-order valence-electron chi connectivity index (χ3n) is 12.8. The van der Waals surface area contributed by atoms with Crippen LogP contribution in [0.3, 0.4) is 0 Å². The van der Waals surface area contributed by atoms with Crippen LogP contribution >= 0.6 is 0 Å². The molecule has 12 aromatic rings. The van der Waals surface area contributed by atoms with Crippen LogP contribution in [-0.2, 0) is 0 Å². The van der Waals surface area contributed by atoms with Gasteiger partial charge in [0.25, 0.3) is 6.71 Å². The van der Waals surface area contributed by atoms with Gasteiger partial charge < -0.3 is 23.0 Å². The molecule has 0 amide bonds. The van der Waals surface area contributed by atoms with Crippen molar-refractivity contribution in [3.05, 3.63) is 188 Å². The van der Waals surface area contributed by atoms with Crippen molar-refractivity contribution in [3.8, 4) is 45.5 Å². The lowest BCUT2D eigenvalue weighted by Gasteiger charge is -2.33. The van der Waals surface area contributed by atoms with Gasteiger partial charge in [0.2, 0.25) is 0 Å². The van der Waals surface area contributed by atoms with Crippen LogP contribution < -0.4 is 25.9 Å². The van der Waals surface area contributed by atoms with Gasteiger partial charge in [-0.25, -0.2) is 0 Å². The van der Waals surface area contributed by atoms with E-state index in [1.165, 1.54) is 32.6 Å². The molecular formula is C54H31BN2O3. The van der Waals surface area contributed by atoms with Gasteiger partial charge in [-0.3, -0.25) is 0 Å². The summed E-state index contributed by atoms with van der Waals surface area (Å²) in [6.45, 7) is -0.129. The standard InChI is InChI=1S/C54H31BN2O3/c1-2-12-34(13-3-1)57-46-20-10-6-16-38(46)40-28-42-50(30-47(40)57)59-52-26-33(32-22-24-35(25-23-32)56-44-18-8-4-14-36(44)37-15-5-9-19-45(37)56)27-53-54(52)55(42)43-29-41-39-17-7-11-21-48(39)58-49(41)31-51(43)60-53/h1-31H. The average molecular weight is 767 g/mol.